The van der Waals surface area contributed by atoms with E-state index in [1.807, 2.05) is 0 Å². The van der Waals surface area contributed by atoms with Crippen molar-refractivity contribution in [2.75, 3.05) is 0 Å². The van der Waals surface area contributed by atoms with Gasteiger partial charge in [0.1, 0.15) is 11.6 Å². The third-order valence-electron chi connectivity index (χ3n) is 3.77. The minimum atomic E-state index is -0.577. The Balaban J connectivity index is 2.18. The van der Waals surface area contributed by atoms with Crippen LogP contribution in [0.5, 0.6) is 0 Å². The van der Waals surface area contributed by atoms with E-state index in [0.717, 1.165) is 0 Å². The van der Waals surface area contributed by atoms with Gasteiger partial charge in [-0.1, -0.05) is 12.1 Å². The Hall–Kier alpha value is -2.60. The van der Waals surface area contributed by atoms with Crippen LogP contribution in [-0.2, 0) is 4.79 Å². The molecule has 6 heteroatoms. The van der Waals surface area contributed by atoms with Gasteiger partial charge in [0, 0.05) is 5.57 Å². The molecule has 2 aromatic rings. The zero-order chi connectivity index (χ0) is 17.3. The largest absolute Gasteiger partial charge is 0.351 e. The summed E-state index contributed by atoms with van der Waals surface area (Å²) in [7, 11) is 0. The van der Waals surface area contributed by atoms with E-state index in [2.05, 4.69) is 10.6 Å². The van der Waals surface area contributed by atoms with E-state index in [-0.39, 0.29) is 11.6 Å². The Labute approximate surface area is 143 Å². The van der Waals surface area contributed by atoms with Gasteiger partial charge in [0.05, 0.1) is 11.7 Å². The topological polar surface area (TPSA) is 41.1 Å². The lowest BCUT2D eigenvalue weighted by Gasteiger charge is -2.31. The molecule has 0 fully saturated rings. The van der Waals surface area contributed by atoms with Crippen molar-refractivity contribution >= 4 is 28.8 Å². The van der Waals surface area contributed by atoms with Crippen LogP contribution in [0.15, 0.2) is 54.1 Å². The van der Waals surface area contributed by atoms with Gasteiger partial charge in [-0.05, 0) is 66.7 Å². The Kier molecular flexibility index (Phi) is 4.40. The highest BCUT2D eigenvalue weighted by Gasteiger charge is 2.30. The number of rotatable bonds is 3. The van der Waals surface area contributed by atoms with Crippen molar-refractivity contribution < 1.29 is 13.6 Å². The predicted molar refractivity (Wildman–Crippen MR) is 92.0 cm³/mol. The summed E-state index contributed by atoms with van der Waals surface area (Å²) in [6.07, 6.45) is 0. The fourth-order valence-corrected chi connectivity index (χ4v) is 2.94. The average molecular weight is 344 g/mol. The Morgan fingerprint density at radius 2 is 1.79 bits per heavy atom. The fraction of sp³-hybridized carbons (Fsp3) is 0.111. The lowest BCUT2D eigenvalue weighted by Crippen LogP contribution is -2.44. The van der Waals surface area contributed by atoms with Crippen LogP contribution < -0.4 is 10.6 Å². The molecular formula is C18H14F2N2OS. The van der Waals surface area contributed by atoms with Crippen LogP contribution in [0.2, 0.25) is 0 Å². The molecule has 3 rings (SSSR count). The molecule has 0 saturated heterocycles. The Bertz CT molecular complexity index is 846. The first-order valence-electron chi connectivity index (χ1n) is 7.29. The van der Waals surface area contributed by atoms with Gasteiger partial charge in [-0.15, -0.1) is 0 Å². The van der Waals surface area contributed by atoms with Crippen molar-refractivity contribution in [1.29, 1.82) is 0 Å². The molecule has 1 atom stereocenters. The number of Topliss-reactive ketones (excluding diaryl/α,β-unsaturated/α-hetero) is 1. The molecule has 0 saturated carbocycles. The van der Waals surface area contributed by atoms with Crippen molar-refractivity contribution in [3.05, 3.63) is 76.9 Å². The zero-order valence-electron chi connectivity index (χ0n) is 12.8. The minimum absolute atomic E-state index is 0.189. The van der Waals surface area contributed by atoms with E-state index in [9.17, 15) is 13.6 Å². The van der Waals surface area contributed by atoms with Crippen molar-refractivity contribution in [2.45, 2.75) is 13.0 Å². The molecule has 0 amide bonds. The number of halogens is 2. The first kappa shape index (κ1) is 16.3. The number of ketones is 1. The highest BCUT2D eigenvalue weighted by Crippen LogP contribution is 2.31. The van der Waals surface area contributed by atoms with Gasteiger partial charge in [-0.3, -0.25) is 4.79 Å². The summed E-state index contributed by atoms with van der Waals surface area (Å²) in [5, 5.41) is 6.28. The van der Waals surface area contributed by atoms with Crippen molar-refractivity contribution in [3.63, 3.8) is 0 Å². The molecule has 24 heavy (non-hydrogen) atoms. The predicted octanol–water partition coefficient (Wildman–Crippen LogP) is 3.48. The standard InChI is InChI=1S/C18H14F2N2OS/c1-10(23)15-16(11-5-7-13(19)8-6-11)21-18(24)22-17(15)12-3-2-4-14(20)9-12/h2-9,17H,1H3,(H2,21,22,24)/t17-/m1/s1. The second-order valence-electron chi connectivity index (χ2n) is 5.44. The van der Waals surface area contributed by atoms with E-state index in [1.165, 1.54) is 31.2 Å². The number of benzene rings is 2. The first-order chi connectivity index (χ1) is 11.5. The van der Waals surface area contributed by atoms with Gasteiger partial charge in [-0.25, -0.2) is 8.78 Å². The molecule has 0 aliphatic carbocycles. The maximum absolute atomic E-state index is 13.6. The summed E-state index contributed by atoms with van der Waals surface area (Å²) >= 11 is 5.22. The molecule has 122 valence electrons. The molecule has 0 unspecified atom stereocenters. The van der Waals surface area contributed by atoms with Gasteiger partial charge >= 0.3 is 0 Å². The van der Waals surface area contributed by atoms with Crippen LogP contribution in [0.1, 0.15) is 24.1 Å². The van der Waals surface area contributed by atoms with E-state index in [0.29, 0.717) is 27.5 Å². The number of thiocarbonyl (C=S) groups is 1. The third kappa shape index (κ3) is 3.19. The lowest BCUT2D eigenvalue weighted by atomic mass is 9.90. The van der Waals surface area contributed by atoms with Crippen LogP contribution in [-0.4, -0.2) is 10.9 Å². The molecule has 0 radical (unpaired) electrons. The number of carbonyl (C=O) groups excluding carboxylic acids is 1. The van der Waals surface area contributed by atoms with Crippen LogP contribution >= 0.6 is 12.2 Å². The second-order valence-corrected chi connectivity index (χ2v) is 5.85. The normalized spacial score (nSPS) is 17.3. The van der Waals surface area contributed by atoms with Crippen molar-refractivity contribution in [2.24, 2.45) is 0 Å². The van der Waals surface area contributed by atoms with E-state index >= 15 is 0 Å². The molecule has 2 aromatic carbocycles. The van der Waals surface area contributed by atoms with Gasteiger partial charge in [0.2, 0.25) is 0 Å². The fourth-order valence-electron chi connectivity index (χ4n) is 2.72. The van der Waals surface area contributed by atoms with Gasteiger partial charge in [0.15, 0.2) is 10.9 Å². The highest BCUT2D eigenvalue weighted by atomic mass is 32.1. The summed E-state index contributed by atoms with van der Waals surface area (Å²) in [5.74, 6) is -0.960. The molecule has 1 aliphatic heterocycles. The average Bonchev–Trinajstić information content (AvgIpc) is 2.54. The van der Waals surface area contributed by atoms with Crippen molar-refractivity contribution in [1.82, 2.24) is 10.6 Å². The minimum Gasteiger partial charge on any atom is -0.351 e. The maximum atomic E-state index is 13.6. The molecule has 1 heterocycles. The van der Waals surface area contributed by atoms with Crippen LogP contribution in [0.25, 0.3) is 5.70 Å². The van der Waals surface area contributed by atoms with Crippen LogP contribution in [0.3, 0.4) is 0 Å². The summed E-state index contributed by atoms with van der Waals surface area (Å²) in [5.41, 5.74) is 2.14. The number of nitrogens with one attached hydrogen (secondary N) is 2. The van der Waals surface area contributed by atoms with Gasteiger partial charge in [0.25, 0.3) is 0 Å². The summed E-state index contributed by atoms with van der Waals surface area (Å²) in [6.45, 7) is 1.43. The molecule has 1 aliphatic rings. The molecule has 2 N–H and O–H groups in total. The monoisotopic (exact) mass is 344 g/mol. The summed E-state index contributed by atoms with van der Waals surface area (Å²) in [6, 6.07) is 11.2. The molecular weight excluding hydrogens is 330 g/mol. The number of hydrogen-bond donors (Lipinski definition) is 2. The van der Waals surface area contributed by atoms with Gasteiger partial charge < -0.3 is 10.6 Å². The molecule has 3 nitrogen and oxygen atoms in total. The second kappa shape index (κ2) is 6.49. The molecule has 0 spiro atoms. The number of carbonyl (C=O) groups is 1. The zero-order valence-corrected chi connectivity index (χ0v) is 13.6. The Morgan fingerprint density at radius 1 is 1.08 bits per heavy atom. The van der Waals surface area contributed by atoms with E-state index < -0.39 is 11.9 Å². The van der Waals surface area contributed by atoms with Crippen molar-refractivity contribution in [3.8, 4) is 0 Å². The summed E-state index contributed by atoms with van der Waals surface area (Å²) < 4.78 is 26.8. The van der Waals surface area contributed by atoms with E-state index in [1.54, 1.807) is 24.3 Å². The van der Waals surface area contributed by atoms with Crippen LogP contribution in [0.4, 0.5) is 8.78 Å². The van der Waals surface area contributed by atoms with Crippen LogP contribution in [0, 0.1) is 11.6 Å². The summed E-state index contributed by atoms with van der Waals surface area (Å²) in [4.78, 5) is 12.3. The SMILES string of the molecule is CC(=O)C1=C(c2ccc(F)cc2)NC(=S)N[C@@H]1c1cccc(F)c1. The quantitative estimate of drug-likeness (QED) is 0.837. The molecule has 0 aromatic heterocycles. The first-order valence-corrected chi connectivity index (χ1v) is 7.70. The number of hydrogen-bond acceptors (Lipinski definition) is 2. The smallest absolute Gasteiger partial charge is 0.171 e. The highest BCUT2D eigenvalue weighted by molar-refractivity contribution is 7.80. The third-order valence-corrected chi connectivity index (χ3v) is 3.99. The van der Waals surface area contributed by atoms with Gasteiger partial charge in [-0.2, -0.15) is 0 Å². The van der Waals surface area contributed by atoms with E-state index in [4.69, 9.17) is 12.2 Å². The lowest BCUT2D eigenvalue weighted by molar-refractivity contribution is -0.113. The molecule has 0 bridgehead atoms. The maximum Gasteiger partial charge on any atom is 0.171 e. The Morgan fingerprint density at radius 3 is 2.42 bits per heavy atom.